The van der Waals surface area contributed by atoms with E-state index in [2.05, 4.69) is 15.5 Å². The number of nitrogens with one attached hydrogen (secondary N) is 2. The third-order valence-electron chi connectivity index (χ3n) is 3.71. The van der Waals surface area contributed by atoms with Gasteiger partial charge in [0.05, 0.1) is 12.6 Å². The number of nitriles is 1. The van der Waals surface area contributed by atoms with Crippen LogP contribution in [0.2, 0.25) is 0 Å². The number of hydrogen-bond acceptors (Lipinski definition) is 4. The zero-order valence-electron chi connectivity index (χ0n) is 10.8. The number of piperidine rings is 1. The Labute approximate surface area is 109 Å². The van der Waals surface area contributed by atoms with Crippen LogP contribution in [-0.4, -0.2) is 49.6 Å². The van der Waals surface area contributed by atoms with Crippen LogP contribution in [0.15, 0.2) is 0 Å². The molecule has 0 aromatic rings. The molecule has 5 nitrogen and oxygen atoms in total. The fourth-order valence-corrected chi connectivity index (χ4v) is 2.35. The molecule has 1 amide bonds. The summed E-state index contributed by atoms with van der Waals surface area (Å²) in [6, 6.07) is 2.54. The van der Waals surface area contributed by atoms with Gasteiger partial charge in [-0.2, -0.15) is 5.26 Å². The van der Waals surface area contributed by atoms with Gasteiger partial charge >= 0.3 is 0 Å². The Balaban J connectivity index is 1.57. The van der Waals surface area contributed by atoms with Crippen LogP contribution < -0.4 is 10.6 Å². The summed E-state index contributed by atoms with van der Waals surface area (Å²) in [4.78, 5) is 13.6. The minimum absolute atomic E-state index is 0.0408. The first kappa shape index (κ1) is 13.3. The highest BCUT2D eigenvalue weighted by atomic mass is 16.2. The Kier molecular flexibility index (Phi) is 4.97. The minimum Gasteiger partial charge on any atom is -0.342 e. The number of hydrogen-bond donors (Lipinski definition) is 2. The molecule has 0 unspecified atom stereocenters. The molecule has 1 saturated carbocycles. The maximum atomic E-state index is 11.5. The highest BCUT2D eigenvalue weighted by Gasteiger charge is 2.24. The molecule has 1 aliphatic carbocycles. The molecule has 0 bridgehead atoms. The SMILES string of the molecule is N#CCNC(=O)CN1CCC(NCC2CC2)CC1. The van der Waals surface area contributed by atoms with Crippen molar-refractivity contribution in [2.75, 3.05) is 32.7 Å². The van der Waals surface area contributed by atoms with Crippen LogP contribution >= 0.6 is 0 Å². The predicted octanol–water partition coefficient (Wildman–Crippen LogP) is 0.0902. The molecule has 100 valence electrons. The molecule has 5 heteroatoms. The molecule has 2 N–H and O–H groups in total. The van der Waals surface area contributed by atoms with E-state index in [4.69, 9.17) is 5.26 Å². The van der Waals surface area contributed by atoms with Gasteiger partial charge in [0.1, 0.15) is 6.54 Å². The maximum Gasteiger partial charge on any atom is 0.235 e. The molecule has 0 aromatic carbocycles. The zero-order chi connectivity index (χ0) is 12.8. The Morgan fingerprint density at radius 3 is 2.61 bits per heavy atom. The first-order valence-corrected chi connectivity index (χ1v) is 6.87. The Morgan fingerprint density at radius 1 is 1.28 bits per heavy atom. The van der Waals surface area contributed by atoms with Gasteiger partial charge in [-0.15, -0.1) is 0 Å². The molecule has 18 heavy (non-hydrogen) atoms. The van der Waals surface area contributed by atoms with Crippen molar-refractivity contribution in [3.63, 3.8) is 0 Å². The van der Waals surface area contributed by atoms with E-state index in [0.717, 1.165) is 31.8 Å². The first-order chi connectivity index (χ1) is 8.78. The van der Waals surface area contributed by atoms with Crippen LogP contribution in [0, 0.1) is 17.2 Å². The number of nitrogens with zero attached hydrogens (tertiary/aromatic N) is 2. The molecule has 0 atom stereocenters. The first-order valence-electron chi connectivity index (χ1n) is 6.87. The molecule has 0 spiro atoms. The van der Waals surface area contributed by atoms with E-state index in [9.17, 15) is 4.79 Å². The van der Waals surface area contributed by atoms with Gasteiger partial charge in [-0.1, -0.05) is 0 Å². The maximum absolute atomic E-state index is 11.5. The fourth-order valence-electron chi connectivity index (χ4n) is 2.35. The van der Waals surface area contributed by atoms with Gasteiger partial charge in [0.25, 0.3) is 0 Å². The van der Waals surface area contributed by atoms with Gasteiger partial charge < -0.3 is 10.6 Å². The van der Waals surface area contributed by atoms with Gasteiger partial charge in [0.15, 0.2) is 0 Å². The lowest BCUT2D eigenvalue weighted by molar-refractivity contribution is -0.122. The molecule has 2 fully saturated rings. The summed E-state index contributed by atoms with van der Waals surface area (Å²) >= 11 is 0. The lowest BCUT2D eigenvalue weighted by Gasteiger charge is -2.31. The van der Waals surface area contributed by atoms with E-state index in [0.29, 0.717) is 12.6 Å². The van der Waals surface area contributed by atoms with E-state index in [-0.39, 0.29) is 12.5 Å². The lowest BCUT2D eigenvalue weighted by atomic mass is 10.0. The molecule has 0 radical (unpaired) electrons. The Bertz CT molecular complexity index is 313. The third kappa shape index (κ3) is 4.63. The molecule has 2 aliphatic rings. The van der Waals surface area contributed by atoms with E-state index in [1.165, 1.54) is 19.4 Å². The second-order valence-electron chi connectivity index (χ2n) is 5.34. The van der Waals surface area contributed by atoms with Crippen LogP contribution in [-0.2, 0) is 4.79 Å². The molecule has 1 aliphatic heterocycles. The van der Waals surface area contributed by atoms with Crippen molar-refractivity contribution in [2.24, 2.45) is 5.92 Å². The number of carbonyl (C=O) groups excluding carboxylic acids is 1. The van der Waals surface area contributed by atoms with E-state index < -0.39 is 0 Å². The largest absolute Gasteiger partial charge is 0.342 e. The summed E-state index contributed by atoms with van der Waals surface area (Å²) in [5, 5.41) is 14.6. The molecule has 1 saturated heterocycles. The van der Waals surface area contributed by atoms with Gasteiger partial charge in [-0.25, -0.2) is 0 Å². The van der Waals surface area contributed by atoms with Crippen molar-refractivity contribution in [3.05, 3.63) is 0 Å². The van der Waals surface area contributed by atoms with Crippen LogP contribution in [0.25, 0.3) is 0 Å². The molecule has 2 rings (SSSR count). The average molecular weight is 250 g/mol. The van der Waals surface area contributed by atoms with Crippen molar-refractivity contribution in [2.45, 2.75) is 31.7 Å². The van der Waals surface area contributed by atoms with E-state index >= 15 is 0 Å². The predicted molar refractivity (Wildman–Crippen MR) is 68.8 cm³/mol. The third-order valence-corrected chi connectivity index (χ3v) is 3.71. The van der Waals surface area contributed by atoms with Crippen LogP contribution in [0.1, 0.15) is 25.7 Å². The van der Waals surface area contributed by atoms with Crippen LogP contribution in [0.5, 0.6) is 0 Å². The van der Waals surface area contributed by atoms with Crippen LogP contribution in [0.3, 0.4) is 0 Å². The smallest absolute Gasteiger partial charge is 0.235 e. The van der Waals surface area contributed by atoms with Gasteiger partial charge in [-0.05, 0) is 38.1 Å². The van der Waals surface area contributed by atoms with Gasteiger partial charge in [0, 0.05) is 19.1 Å². The minimum atomic E-state index is -0.0408. The van der Waals surface area contributed by atoms with Gasteiger partial charge in [0.2, 0.25) is 5.91 Å². The Morgan fingerprint density at radius 2 is 2.00 bits per heavy atom. The standard InChI is InChI=1S/C13H22N4O/c14-5-6-15-13(18)10-17-7-3-12(4-8-17)16-9-11-1-2-11/h11-12,16H,1-4,6-10H2,(H,15,18). The highest BCUT2D eigenvalue weighted by Crippen LogP contribution is 2.28. The normalized spacial score (nSPS) is 21.5. The molecule has 0 aromatic heterocycles. The number of likely N-dealkylation sites (tertiary alicyclic amines) is 1. The number of rotatable bonds is 6. The van der Waals surface area contributed by atoms with Crippen molar-refractivity contribution >= 4 is 5.91 Å². The summed E-state index contributed by atoms with van der Waals surface area (Å²) in [6.45, 7) is 3.66. The monoisotopic (exact) mass is 250 g/mol. The van der Waals surface area contributed by atoms with E-state index in [1.54, 1.807) is 0 Å². The van der Waals surface area contributed by atoms with Crippen molar-refractivity contribution in [1.82, 2.24) is 15.5 Å². The summed E-state index contributed by atoms with van der Waals surface area (Å²) in [5.74, 6) is 0.890. The van der Waals surface area contributed by atoms with Crippen molar-refractivity contribution in [3.8, 4) is 6.07 Å². The number of carbonyl (C=O) groups is 1. The second-order valence-corrected chi connectivity index (χ2v) is 5.34. The summed E-state index contributed by atoms with van der Waals surface area (Å²) < 4.78 is 0. The summed E-state index contributed by atoms with van der Waals surface area (Å²) in [6.07, 6.45) is 5.03. The van der Waals surface area contributed by atoms with Crippen molar-refractivity contribution in [1.29, 1.82) is 5.26 Å². The molecular formula is C13H22N4O. The highest BCUT2D eigenvalue weighted by molar-refractivity contribution is 5.78. The van der Waals surface area contributed by atoms with Crippen molar-refractivity contribution < 1.29 is 4.79 Å². The Hall–Kier alpha value is -1.12. The molecular weight excluding hydrogens is 228 g/mol. The zero-order valence-corrected chi connectivity index (χ0v) is 10.8. The van der Waals surface area contributed by atoms with Crippen LogP contribution in [0.4, 0.5) is 0 Å². The second kappa shape index (κ2) is 6.72. The quantitative estimate of drug-likeness (QED) is 0.656. The average Bonchev–Trinajstić information content (AvgIpc) is 3.20. The van der Waals surface area contributed by atoms with Gasteiger partial charge in [-0.3, -0.25) is 9.69 Å². The topological polar surface area (TPSA) is 68.2 Å². The number of amides is 1. The fraction of sp³-hybridized carbons (Fsp3) is 0.846. The lowest BCUT2D eigenvalue weighted by Crippen LogP contribution is -2.46. The van der Waals surface area contributed by atoms with E-state index in [1.807, 2.05) is 6.07 Å². The summed E-state index contributed by atoms with van der Waals surface area (Å²) in [5.41, 5.74) is 0. The molecule has 1 heterocycles. The summed E-state index contributed by atoms with van der Waals surface area (Å²) in [7, 11) is 0.